The van der Waals surface area contributed by atoms with E-state index in [0.717, 1.165) is 0 Å². The molecule has 2 rings (SSSR count). The Morgan fingerprint density at radius 2 is 1.77 bits per heavy atom. The van der Waals surface area contributed by atoms with E-state index in [1.807, 2.05) is 0 Å². The minimum absolute atomic E-state index is 0.206. The number of carbonyl (C=O) groups excluding carboxylic acids is 4. The first-order valence-electron chi connectivity index (χ1n) is 7.76. The quantitative estimate of drug-likeness (QED) is 0.358. The maximum atomic E-state index is 11.5. The molecule has 26 heavy (non-hydrogen) atoms. The van der Waals surface area contributed by atoms with Gasteiger partial charge in [0, 0.05) is 33.0 Å². The Labute approximate surface area is 155 Å². The Balaban J connectivity index is 2.30. The Morgan fingerprint density at radius 1 is 1.15 bits per heavy atom. The highest BCUT2D eigenvalue weighted by molar-refractivity contribution is 7.80. The molecule has 2 aliphatic heterocycles. The number of rotatable bonds is 5. The average Bonchev–Trinajstić information content (AvgIpc) is 2.82. The summed E-state index contributed by atoms with van der Waals surface area (Å²) in [6.07, 6.45) is -1.15. The lowest BCUT2D eigenvalue weighted by Crippen LogP contribution is -2.54. The van der Waals surface area contributed by atoms with Crippen molar-refractivity contribution in [2.75, 3.05) is 6.61 Å². The number of esters is 3. The summed E-state index contributed by atoms with van der Waals surface area (Å²) in [6.45, 7) is 3.42. The molecule has 2 aliphatic rings. The summed E-state index contributed by atoms with van der Waals surface area (Å²) < 4.78 is 21.3. The van der Waals surface area contributed by atoms with Crippen LogP contribution in [0.15, 0.2) is 12.3 Å². The molecule has 1 saturated heterocycles. The van der Waals surface area contributed by atoms with E-state index in [1.54, 1.807) is 0 Å². The Bertz CT molecular complexity index is 625. The van der Waals surface area contributed by atoms with Gasteiger partial charge in [0.15, 0.2) is 18.4 Å². The maximum Gasteiger partial charge on any atom is 0.303 e. The molecule has 0 aliphatic carbocycles. The van der Waals surface area contributed by atoms with Gasteiger partial charge in [-0.25, -0.2) is 0 Å². The van der Waals surface area contributed by atoms with Gasteiger partial charge in [-0.3, -0.25) is 19.2 Å². The minimum atomic E-state index is -1.02. The summed E-state index contributed by atoms with van der Waals surface area (Å²) in [4.78, 5) is 47.0. The lowest BCUT2D eigenvalue weighted by molar-refractivity contribution is -0.167. The first-order chi connectivity index (χ1) is 12.2. The highest BCUT2D eigenvalue weighted by Gasteiger charge is 2.52. The monoisotopic (exact) mass is 388 g/mol. The van der Waals surface area contributed by atoms with Gasteiger partial charge in [-0.05, 0) is 0 Å². The van der Waals surface area contributed by atoms with E-state index in [9.17, 15) is 19.2 Å². The molecular weight excluding hydrogens is 368 g/mol. The van der Waals surface area contributed by atoms with E-state index in [4.69, 9.17) is 18.9 Å². The third-order valence-electron chi connectivity index (χ3n) is 3.59. The van der Waals surface area contributed by atoms with Crippen molar-refractivity contribution in [3.63, 3.8) is 0 Å². The van der Waals surface area contributed by atoms with Gasteiger partial charge in [0.05, 0.1) is 0 Å². The van der Waals surface area contributed by atoms with Crippen LogP contribution in [0.2, 0.25) is 0 Å². The van der Waals surface area contributed by atoms with Gasteiger partial charge in [0.2, 0.25) is 5.91 Å². The number of ether oxygens (including phenoxy) is 4. The Morgan fingerprint density at radius 3 is 2.31 bits per heavy atom. The van der Waals surface area contributed by atoms with Gasteiger partial charge in [-0.15, -0.1) is 12.6 Å². The fraction of sp³-hybridized carbons (Fsp3) is 0.600. The topological polar surface area (TPSA) is 120 Å². The molecule has 1 N–H and O–H groups in total. The number of carbonyl (C=O) groups is 4. The zero-order valence-electron chi connectivity index (χ0n) is 14.4. The molecule has 0 aromatic heterocycles. The van der Waals surface area contributed by atoms with Gasteiger partial charge in [0.25, 0.3) is 0 Å². The SMILES string of the molecule is CC(=O)OC[C@H]1O[C@@H](N2C=CC(=O)NC2S)C(OC(C)=O)C1OC(C)=O. The standard InChI is InChI=1S/C15H20N2O8S/c1-7(18)22-6-10-12(23-8(2)19)13(24-9(3)20)14(25-10)17-5-4-11(21)16-15(17)26/h4-5,10,12-15,26H,6H2,1-3H3,(H,16,21)/t10-,12?,13?,14-,15?/m1/s1. The zero-order chi connectivity index (χ0) is 19.4. The van der Waals surface area contributed by atoms with Crippen LogP contribution in [0, 0.1) is 0 Å². The van der Waals surface area contributed by atoms with Crippen LogP contribution in [0.4, 0.5) is 0 Å². The van der Waals surface area contributed by atoms with Crippen molar-refractivity contribution in [2.24, 2.45) is 0 Å². The molecule has 2 heterocycles. The smallest absolute Gasteiger partial charge is 0.303 e. The number of nitrogens with one attached hydrogen (secondary N) is 1. The Kier molecular flexibility index (Phi) is 6.48. The van der Waals surface area contributed by atoms with Crippen LogP contribution in [-0.2, 0) is 38.1 Å². The van der Waals surface area contributed by atoms with E-state index in [1.165, 1.54) is 37.9 Å². The lowest BCUT2D eigenvalue weighted by Gasteiger charge is -2.36. The second-order valence-corrected chi connectivity index (χ2v) is 6.15. The molecule has 144 valence electrons. The summed E-state index contributed by atoms with van der Waals surface area (Å²) in [5.74, 6) is -2.13. The molecule has 10 nitrogen and oxygen atoms in total. The first-order valence-corrected chi connectivity index (χ1v) is 8.28. The third-order valence-corrected chi connectivity index (χ3v) is 3.98. The number of thiol groups is 1. The van der Waals surface area contributed by atoms with E-state index in [0.29, 0.717) is 0 Å². The van der Waals surface area contributed by atoms with Crippen molar-refractivity contribution in [1.29, 1.82) is 0 Å². The fourth-order valence-electron chi connectivity index (χ4n) is 2.64. The second-order valence-electron chi connectivity index (χ2n) is 5.66. The minimum Gasteiger partial charge on any atom is -0.463 e. The van der Waals surface area contributed by atoms with Crippen LogP contribution in [0.5, 0.6) is 0 Å². The van der Waals surface area contributed by atoms with Crippen molar-refractivity contribution < 1.29 is 38.1 Å². The molecule has 1 amide bonds. The van der Waals surface area contributed by atoms with Crippen LogP contribution in [-0.4, -0.2) is 65.4 Å². The average molecular weight is 388 g/mol. The summed E-state index contributed by atoms with van der Waals surface area (Å²) >= 11 is 4.26. The van der Waals surface area contributed by atoms with E-state index < -0.39 is 47.9 Å². The summed E-state index contributed by atoms with van der Waals surface area (Å²) in [5.41, 5.74) is -0.763. The molecule has 11 heteroatoms. The molecule has 0 spiro atoms. The summed E-state index contributed by atoms with van der Waals surface area (Å²) in [7, 11) is 0. The maximum absolute atomic E-state index is 11.5. The van der Waals surface area contributed by atoms with Crippen molar-refractivity contribution >= 4 is 36.4 Å². The van der Waals surface area contributed by atoms with Crippen LogP contribution < -0.4 is 5.32 Å². The highest BCUT2D eigenvalue weighted by atomic mass is 32.1. The number of hydrogen-bond acceptors (Lipinski definition) is 10. The van der Waals surface area contributed by atoms with Crippen LogP contribution >= 0.6 is 12.6 Å². The van der Waals surface area contributed by atoms with Gasteiger partial charge >= 0.3 is 17.9 Å². The predicted octanol–water partition coefficient (Wildman–Crippen LogP) is -0.703. The van der Waals surface area contributed by atoms with Crippen molar-refractivity contribution in [2.45, 2.75) is 50.8 Å². The lowest BCUT2D eigenvalue weighted by atomic mass is 10.1. The van der Waals surface area contributed by atoms with E-state index in [-0.39, 0.29) is 12.5 Å². The van der Waals surface area contributed by atoms with Gasteiger partial charge in [0.1, 0.15) is 18.2 Å². The van der Waals surface area contributed by atoms with Crippen molar-refractivity contribution in [3.05, 3.63) is 12.3 Å². The second kappa shape index (κ2) is 8.41. The van der Waals surface area contributed by atoms with Crippen LogP contribution in [0.3, 0.4) is 0 Å². The normalized spacial score (nSPS) is 30.5. The first kappa shape index (κ1) is 20.0. The Hall–Kier alpha value is -2.27. The molecule has 0 aromatic carbocycles. The third kappa shape index (κ3) is 4.88. The molecule has 5 atom stereocenters. The van der Waals surface area contributed by atoms with E-state index in [2.05, 4.69) is 17.9 Å². The molecule has 0 radical (unpaired) electrons. The number of nitrogens with zero attached hydrogens (tertiary/aromatic N) is 1. The highest BCUT2D eigenvalue weighted by Crippen LogP contribution is 2.32. The number of amides is 1. The molecule has 3 unspecified atom stereocenters. The number of hydrogen-bond donors (Lipinski definition) is 2. The molecule has 0 saturated carbocycles. The molecule has 0 aromatic rings. The van der Waals surface area contributed by atoms with Crippen LogP contribution in [0.1, 0.15) is 20.8 Å². The molecular formula is C15H20N2O8S. The van der Waals surface area contributed by atoms with Gasteiger partial charge in [-0.1, -0.05) is 0 Å². The predicted molar refractivity (Wildman–Crippen MR) is 88.3 cm³/mol. The van der Waals surface area contributed by atoms with Crippen LogP contribution in [0.25, 0.3) is 0 Å². The van der Waals surface area contributed by atoms with Gasteiger partial charge in [-0.2, -0.15) is 0 Å². The summed E-state index contributed by atoms with van der Waals surface area (Å²) in [5, 5.41) is 2.55. The molecule has 0 bridgehead atoms. The zero-order valence-corrected chi connectivity index (χ0v) is 15.3. The fourth-order valence-corrected chi connectivity index (χ4v) is 2.98. The van der Waals surface area contributed by atoms with Crippen molar-refractivity contribution in [1.82, 2.24) is 10.2 Å². The van der Waals surface area contributed by atoms with Crippen molar-refractivity contribution in [3.8, 4) is 0 Å². The van der Waals surface area contributed by atoms with E-state index >= 15 is 0 Å². The van der Waals surface area contributed by atoms with Gasteiger partial charge < -0.3 is 29.2 Å². The largest absolute Gasteiger partial charge is 0.463 e. The summed E-state index contributed by atoms with van der Waals surface area (Å²) in [6, 6.07) is 0. The molecule has 1 fully saturated rings.